The van der Waals surface area contributed by atoms with E-state index in [1.165, 1.54) is 16.4 Å². The molecule has 1 amide bonds. The zero-order valence-electron chi connectivity index (χ0n) is 22.0. The molecule has 2 rings (SSSR count). The van der Waals surface area contributed by atoms with E-state index in [0.717, 1.165) is 16.9 Å². The Labute approximate surface area is 220 Å². The molecule has 0 aromatic heterocycles. The van der Waals surface area contributed by atoms with Crippen LogP contribution in [0, 0.1) is 5.82 Å². The standard InChI is InChI=1S/C27H40FN3O5S/c1-4-14-31(15-5-2)37(34,35)16-13-27(33)30-25(18-21-9-11-23(28)12-10-21)26(32)20-29-19-22-7-6-8-24(17-22)36-3/h6-12,17,25-26,29,32H,4-5,13-16,18-20H2,1-3H3,(H,30,33). The zero-order valence-corrected chi connectivity index (χ0v) is 22.8. The minimum atomic E-state index is -3.57. The molecule has 37 heavy (non-hydrogen) atoms. The monoisotopic (exact) mass is 537 g/mol. The highest BCUT2D eigenvalue weighted by Gasteiger charge is 2.25. The summed E-state index contributed by atoms with van der Waals surface area (Å²) in [5, 5.41) is 16.9. The van der Waals surface area contributed by atoms with Crippen LogP contribution in [0.4, 0.5) is 4.39 Å². The first-order valence-corrected chi connectivity index (χ1v) is 14.3. The van der Waals surface area contributed by atoms with Gasteiger partial charge in [-0.15, -0.1) is 0 Å². The van der Waals surface area contributed by atoms with Crippen LogP contribution in [0.25, 0.3) is 0 Å². The number of nitrogens with one attached hydrogen (secondary N) is 2. The van der Waals surface area contributed by atoms with Crippen LogP contribution in [-0.4, -0.2) is 68.4 Å². The molecule has 8 nitrogen and oxygen atoms in total. The second kappa shape index (κ2) is 15.7. The molecule has 0 heterocycles. The summed E-state index contributed by atoms with van der Waals surface area (Å²) in [6.45, 7) is 5.32. The van der Waals surface area contributed by atoms with Gasteiger partial charge in [0.2, 0.25) is 15.9 Å². The topological polar surface area (TPSA) is 108 Å². The molecule has 2 aromatic carbocycles. The molecule has 0 saturated carbocycles. The largest absolute Gasteiger partial charge is 0.497 e. The maximum atomic E-state index is 13.4. The lowest BCUT2D eigenvalue weighted by Gasteiger charge is -2.25. The Morgan fingerprint density at radius 3 is 2.38 bits per heavy atom. The van der Waals surface area contributed by atoms with Gasteiger partial charge in [-0.05, 0) is 54.7 Å². The van der Waals surface area contributed by atoms with Crippen molar-refractivity contribution in [3.8, 4) is 5.75 Å². The molecule has 3 N–H and O–H groups in total. The van der Waals surface area contributed by atoms with E-state index in [-0.39, 0.29) is 31.0 Å². The van der Waals surface area contributed by atoms with E-state index < -0.39 is 28.1 Å². The van der Waals surface area contributed by atoms with E-state index in [0.29, 0.717) is 32.5 Å². The van der Waals surface area contributed by atoms with Crippen molar-refractivity contribution in [2.24, 2.45) is 0 Å². The first kappa shape index (κ1) is 30.7. The Hall–Kier alpha value is -2.53. The van der Waals surface area contributed by atoms with E-state index in [2.05, 4.69) is 10.6 Å². The predicted molar refractivity (Wildman–Crippen MR) is 143 cm³/mol. The van der Waals surface area contributed by atoms with Crippen LogP contribution in [0.2, 0.25) is 0 Å². The van der Waals surface area contributed by atoms with Gasteiger partial charge in [0.1, 0.15) is 11.6 Å². The number of halogens is 1. The van der Waals surface area contributed by atoms with Gasteiger partial charge in [-0.3, -0.25) is 4.79 Å². The molecule has 0 radical (unpaired) electrons. The van der Waals surface area contributed by atoms with Crippen LogP contribution < -0.4 is 15.4 Å². The van der Waals surface area contributed by atoms with Gasteiger partial charge >= 0.3 is 0 Å². The molecule has 0 spiro atoms. The fourth-order valence-electron chi connectivity index (χ4n) is 3.97. The number of rotatable bonds is 17. The molecule has 0 aliphatic rings. The van der Waals surface area contributed by atoms with Crippen molar-refractivity contribution < 1.29 is 27.4 Å². The number of sulfonamides is 1. The van der Waals surface area contributed by atoms with Gasteiger partial charge in [-0.1, -0.05) is 38.1 Å². The lowest BCUT2D eigenvalue weighted by molar-refractivity contribution is -0.122. The third-order valence-electron chi connectivity index (χ3n) is 5.92. The van der Waals surface area contributed by atoms with Crippen LogP contribution in [0.15, 0.2) is 48.5 Å². The SMILES string of the molecule is CCCN(CCC)S(=O)(=O)CCC(=O)NC(Cc1ccc(F)cc1)C(O)CNCc1cccc(OC)c1. The minimum absolute atomic E-state index is 0.183. The van der Waals surface area contributed by atoms with Crippen molar-refractivity contribution in [1.82, 2.24) is 14.9 Å². The van der Waals surface area contributed by atoms with Crippen molar-refractivity contribution in [3.05, 3.63) is 65.5 Å². The van der Waals surface area contributed by atoms with Gasteiger partial charge < -0.3 is 20.5 Å². The Balaban J connectivity index is 2.02. The molecule has 0 fully saturated rings. The lowest BCUT2D eigenvalue weighted by Crippen LogP contribution is -2.49. The number of ether oxygens (including phenoxy) is 1. The fraction of sp³-hybridized carbons (Fsp3) is 0.519. The summed E-state index contributed by atoms with van der Waals surface area (Å²) >= 11 is 0. The smallest absolute Gasteiger partial charge is 0.221 e. The Morgan fingerprint density at radius 2 is 1.76 bits per heavy atom. The first-order valence-electron chi connectivity index (χ1n) is 12.7. The number of hydrogen-bond acceptors (Lipinski definition) is 6. The number of carbonyl (C=O) groups is 1. The predicted octanol–water partition coefficient (Wildman–Crippen LogP) is 2.85. The highest BCUT2D eigenvalue weighted by molar-refractivity contribution is 7.89. The maximum absolute atomic E-state index is 13.4. The summed E-state index contributed by atoms with van der Waals surface area (Å²) in [5.41, 5.74) is 1.71. The van der Waals surface area contributed by atoms with Crippen molar-refractivity contribution >= 4 is 15.9 Å². The molecule has 2 aromatic rings. The Bertz CT molecular complexity index is 1060. The molecule has 2 atom stereocenters. The second-order valence-corrected chi connectivity index (χ2v) is 11.1. The van der Waals surface area contributed by atoms with Gasteiger partial charge in [0.05, 0.1) is 25.0 Å². The number of hydrogen-bond donors (Lipinski definition) is 3. The molecule has 206 valence electrons. The first-order chi connectivity index (χ1) is 17.7. The summed E-state index contributed by atoms with van der Waals surface area (Å²) in [4.78, 5) is 12.8. The quantitative estimate of drug-likeness (QED) is 0.287. The zero-order chi connectivity index (χ0) is 27.3. The molecule has 0 aliphatic heterocycles. The highest BCUT2D eigenvalue weighted by Crippen LogP contribution is 2.13. The van der Waals surface area contributed by atoms with Crippen LogP contribution in [-0.2, 0) is 27.8 Å². The third-order valence-corrected chi connectivity index (χ3v) is 7.79. The molecular weight excluding hydrogens is 497 g/mol. The summed E-state index contributed by atoms with van der Waals surface area (Å²) in [6.07, 6.45) is 0.475. The average Bonchev–Trinajstić information content (AvgIpc) is 2.88. The van der Waals surface area contributed by atoms with Crippen LogP contribution in [0.1, 0.15) is 44.2 Å². The van der Waals surface area contributed by atoms with E-state index >= 15 is 0 Å². The van der Waals surface area contributed by atoms with Gasteiger partial charge in [0.25, 0.3) is 0 Å². The molecule has 0 bridgehead atoms. The van der Waals surface area contributed by atoms with E-state index in [4.69, 9.17) is 4.74 Å². The number of aliphatic hydroxyl groups is 1. The molecule has 0 aliphatic carbocycles. The number of benzene rings is 2. The normalized spacial score (nSPS) is 13.4. The van der Waals surface area contributed by atoms with E-state index in [9.17, 15) is 22.7 Å². The number of carbonyl (C=O) groups excluding carboxylic acids is 1. The van der Waals surface area contributed by atoms with Gasteiger partial charge in [0.15, 0.2) is 0 Å². The highest BCUT2D eigenvalue weighted by atomic mass is 32.2. The third kappa shape index (κ3) is 10.8. The maximum Gasteiger partial charge on any atom is 0.221 e. The van der Waals surface area contributed by atoms with Crippen molar-refractivity contribution in [2.75, 3.05) is 32.5 Å². The summed E-state index contributed by atoms with van der Waals surface area (Å²) in [5.74, 6) is -0.409. The summed E-state index contributed by atoms with van der Waals surface area (Å²) < 4.78 is 45.5. The number of methoxy groups -OCH3 is 1. The molecule has 0 saturated heterocycles. The van der Waals surface area contributed by atoms with Crippen LogP contribution in [0.3, 0.4) is 0 Å². The summed E-state index contributed by atoms with van der Waals surface area (Å²) in [6, 6.07) is 12.7. The van der Waals surface area contributed by atoms with Crippen molar-refractivity contribution in [1.29, 1.82) is 0 Å². The lowest BCUT2D eigenvalue weighted by atomic mass is 10.0. The minimum Gasteiger partial charge on any atom is -0.497 e. The number of amides is 1. The molecule has 2 unspecified atom stereocenters. The van der Waals surface area contributed by atoms with E-state index in [1.54, 1.807) is 19.2 Å². The van der Waals surface area contributed by atoms with Gasteiger partial charge in [-0.2, -0.15) is 0 Å². The fourth-order valence-corrected chi connectivity index (χ4v) is 5.59. The van der Waals surface area contributed by atoms with Gasteiger partial charge in [0, 0.05) is 32.6 Å². The second-order valence-electron chi connectivity index (χ2n) is 9.02. The van der Waals surface area contributed by atoms with Crippen molar-refractivity contribution in [2.45, 2.75) is 58.2 Å². The average molecular weight is 538 g/mol. The molecular formula is C27H40FN3O5S. The van der Waals surface area contributed by atoms with Crippen LogP contribution >= 0.6 is 0 Å². The molecule has 10 heteroatoms. The van der Waals surface area contributed by atoms with Gasteiger partial charge in [-0.25, -0.2) is 17.1 Å². The number of nitrogens with zero attached hydrogens (tertiary/aromatic N) is 1. The van der Waals surface area contributed by atoms with E-state index in [1.807, 2.05) is 38.1 Å². The summed E-state index contributed by atoms with van der Waals surface area (Å²) in [7, 11) is -1.97. The van der Waals surface area contributed by atoms with Crippen LogP contribution in [0.5, 0.6) is 5.75 Å². The Kier molecular flexibility index (Phi) is 13.0. The Morgan fingerprint density at radius 1 is 1.08 bits per heavy atom. The van der Waals surface area contributed by atoms with Crippen molar-refractivity contribution in [3.63, 3.8) is 0 Å². The number of aliphatic hydroxyl groups excluding tert-OH is 1.